The zero-order valence-electron chi connectivity index (χ0n) is 10.0. The lowest BCUT2D eigenvalue weighted by Gasteiger charge is -2.28. The highest BCUT2D eigenvalue weighted by Crippen LogP contribution is 2.49. The monoisotopic (exact) mass is 228 g/mol. The minimum atomic E-state index is -0.470. The quantitative estimate of drug-likeness (QED) is 0.777. The standard InChI is InChI=1S/C14H16N2O/c1-17-10-14(9-15)11-5-2-3-6-12(11)16-8-4-7-13(14)16/h2-3,5-6,13H,4,7-8,10H2,1H3/t13-,14+/m1/s1. The van der Waals surface area contributed by atoms with E-state index in [1.807, 2.05) is 6.07 Å². The van der Waals surface area contributed by atoms with E-state index in [4.69, 9.17) is 4.74 Å². The first-order valence-electron chi connectivity index (χ1n) is 6.10. The van der Waals surface area contributed by atoms with Gasteiger partial charge in [-0.1, -0.05) is 18.2 Å². The maximum atomic E-state index is 9.68. The van der Waals surface area contributed by atoms with Crippen molar-refractivity contribution >= 4 is 5.69 Å². The van der Waals surface area contributed by atoms with Gasteiger partial charge >= 0.3 is 0 Å². The molecular formula is C14H16N2O. The third-order valence-electron chi connectivity index (χ3n) is 4.09. The van der Waals surface area contributed by atoms with Gasteiger partial charge in [-0.05, 0) is 18.9 Å². The fraction of sp³-hybridized carbons (Fsp3) is 0.500. The van der Waals surface area contributed by atoms with Crippen molar-refractivity contribution in [1.82, 2.24) is 0 Å². The Hall–Kier alpha value is -1.53. The van der Waals surface area contributed by atoms with Crippen molar-refractivity contribution in [2.75, 3.05) is 25.2 Å². The molecule has 1 saturated heterocycles. The third-order valence-corrected chi connectivity index (χ3v) is 4.09. The number of fused-ring (bicyclic) bond motifs is 3. The van der Waals surface area contributed by atoms with Crippen LogP contribution in [-0.2, 0) is 10.2 Å². The molecule has 0 aromatic heterocycles. The summed E-state index contributed by atoms with van der Waals surface area (Å²) in [6, 6.07) is 11.1. The van der Waals surface area contributed by atoms with Crippen LogP contribution in [0.2, 0.25) is 0 Å². The Morgan fingerprint density at radius 2 is 2.35 bits per heavy atom. The van der Waals surface area contributed by atoms with Gasteiger partial charge in [0.15, 0.2) is 0 Å². The van der Waals surface area contributed by atoms with Crippen molar-refractivity contribution in [3.8, 4) is 6.07 Å². The fourth-order valence-electron chi connectivity index (χ4n) is 3.42. The minimum absolute atomic E-state index is 0.296. The number of nitrogens with zero attached hydrogens (tertiary/aromatic N) is 2. The third kappa shape index (κ3) is 1.25. The van der Waals surface area contributed by atoms with Crippen LogP contribution in [0.3, 0.4) is 0 Å². The fourth-order valence-corrected chi connectivity index (χ4v) is 3.42. The molecule has 17 heavy (non-hydrogen) atoms. The first-order valence-corrected chi connectivity index (χ1v) is 6.10. The smallest absolute Gasteiger partial charge is 0.128 e. The van der Waals surface area contributed by atoms with Gasteiger partial charge in [-0.3, -0.25) is 0 Å². The van der Waals surface area contributed by atoms with Crippen molar-refractivity contribution in [2.24, 2.45) is 0 Å². The molecule has 2 atom stereocenters. The summed E-state index contributed by atoms with van der Waals surface area (Å²) in [7, 11) is 1.68. The normalized spacial score (nSPS) is 29.9. The predicted molar refractivity (Wildman–Crippen MR) is 66.0 cm³/mol. The van der Waals surface area contributed by atoms with E-state index in [1.54, 1.807) is 7.11 Å². The highest BCUT2D eigenvalue weighted by molar-refractivity contribution is 5.67. The number of benzene rings is 1. The molecule has 2 aliphatic rings. The first kappa shape index (κ1) is 10.6. The van der Waals surface area contributed by atoms with E-state index in [-0.39, 0.29) is 0 Å². The zero-order chi connectivity index (χ0) is 11.9. The minimum Gasteiger partial charge on any atom is -0.383 e. The second-order valence-corrected chi connectivity index (χ2v) is 4.88. The van der Waals surface area contributed by atoms with Crippen LogP contribution in [-0.4, -0.2) is 26.3 Å². The van der Waals surface area contributed by atoms with Crippen LogP contribution in [0.4, 0.5) is 5.69 Å². The first-order chi connectivity index (χ1) is 8.33. The molecule has 0 amide bonds. The van der Waals surface area contributed by atoms with E-state index >= 15 is 0 Å². The molecule has 3 rings (SSSR count). The summed E-state index contributed by atoms with van der Waals surface area (Å²) in [5.41, 5.74) is 1.91. The lowest BCUT2D eigenvalue weighted by atomic mass is 9.77. The summed E-state index contributed by atoms with van der Waals surface area (Å²) in [6.07, 6.45) is 2.26. The number of hydrogen-bond acceptors (Lipinski definition) is 3. The largest absolute Gasteiger partial charge is 0.383 e. The van der Waals surface area contributed by atoms with Crippen molar-refractivity contribution in [3.05, 3.63) is 29.8 Å². The van der Waals surface area contributed by atoms with E-state index in [9.17, 15) is 5.26 Å². The molecule has 3 nitrogen and oxygen atoms in total. The molecule has 0 aliphatic carbocycles. The molecule has 0 spiro atoms. The number of nitriles is 1. The van der Waals surface area contributed by atoms with E-state index in [0.29, 0.717) is 12.6 Å². The van der Waals surface area contributed by atoms with Gasteiger partial charge in [0.05, 0.1) is 18.7 Å². The molecule has 88 valence electrons. The van der Waals surface area contributed by atoms with Gasteiger partial charge in [-0.15, -0.1) is 0 Å². The zero-order valence-corrected chi connectivity index (χ0v) is 10.0. The highest BCUT2D eigenvalue weighted by Gasteiger charge is 2.53. The SMILES string of the molecule is COC[C@@]1(C#N)c2ccccc2N2CCC[C@@H]21. The van der Waals surface area contributed by atoms with Crippen molar-refractivity contribution < 1.29 is 4.74 Å². The summed E-state index contributed by atoms with van der Waals surface area (Å²) in [5.74, 6) is 0. The summed E-state index contributed by atoms with van der Waals surface area (Å²) in [6.45, 7) is 1.55. The topological polar surface area (TPSA) is 36.3 Å². The lowest BCUT2D eigenvalue weighted by molar-refractivity contribution is 0.146. The highest BCUT2D eigenvalue weighted by atomic mass is 16.5. The Morgan fingerprint density at radius 3 is 3.12 bits per heavy atom. The van der Waals surface area contributed by atoms with Crippen LogP contribution in [0.15, 0.2) is 24.3 Å². The summed E-state index contributed by atoms with van der Waals surface area (Å²) in [5, 5.41) is 9.68. The molecule has 0 radical (unpaired) electrons. The molecule has 1 fully saturated rings. The maximum Gasteiger partial charge on any atom is 0.128 e. The molecule has 0 N–H and O–H groups in total. The molecule has 1 aromatic rings. The Bertz CT molecular complexity index is 479. The van der Waals surface area contributed by atoms with Crippen LogP contribution in [0.5, 0.6) is 0 Å². The van der Waals surface area contributed by atoms with Gasteiger partial charge < -0.3 is 9.64 Å². The average molecular weight is 228 g/mol. The van der Waals surface area contributed by atoms with Crippen molar-refractivity contribution in [3.63, 3.8) is 0 Å². The van der Waals surface area contributed by atoms with E-state index in [1.165, 1.54) is 12.1 Å². The van der Waals surface area contributed by atoms with E-state index in [2.05, 4.69) is 29.2 Å². The molecule has 0 unspecified atom stereocenters. The Morgan fingerprint density at radius 1 is 1.53 bits per heavy atom. The van der Waals surface area contributed by atoms with Crippen LogP contribution >= 0.6 is 0 Å². The van der Waals surface area contributed by atoms with Crippen LogP contribution < -0.4 is 4.90 Å². The second-order valence-electron chi connectivity index (χ2n) is 4.88. The number of ether oxygens (including phenoxy) is 1. The Balaban J connectivity index is 2.18. The summed E-state index contributed by atoms with van der Waals surface area (Å²) >= 11 is 0. The molecule has 1 aromatic carbocycles. The van der Waals surface area contributed by atoms with Gasteiger partial charge in [0.1, 0.15) is 5.41 Å². The van der Waals surface area contributed by atoms with Crippen molar-refractivity contribution in [1.29, 1.82) is 5.26 Å². The van der Waals surface area contributed by atoms with Crippen LogP contribution in [0.25, 0.3) is 0 Å². The lowest BCUT2D eigenvalue weighted by Crippen LogP contribution is -2.43. The Labute approximate surface area is 102 Å². The number of rotatable bonds is 2. The average Bonchev–Trinajstić information content (AvgIpc) is 2.93. The van der Waals surface area contributed by atoms with E-state index in [0.717, 1.165) is 18.5 Å². The maximum absolute atomic E-state index is 9.68. The predicted octanol–water partition coefficient (Wildman–Crippen LogP) is 2.08. The molecule has 0 bridgehead atoms. The van der Waals surface area contributed by atoms with Crippen LogP contribution in [0.1, 0.15) is 18.4 Å². The molecule has 2 heterocycles. The molecule has 0 saturated carbocycles. The molecule has 2 aliphatic heterocycles. The van der Waals surface area contributed by atoms with Crippen molar-refractivity contribution in [2.45, 2.75) is 24.3 Å². The van der Waals surface area contributed by atoms with Gasteiger partial charge in [-0.25, -0.2) is 0 Å². The van der Waals surface area contributed by atoms with Crippen LogP contribution in [0, 0.1) is 11.3 Å². The number of anilines is 1. The molecular weight excluding hydrogens is 212 g/mol. The summed E-state index contributed by atoms with van der Waals surface area (Å²) < 4.78 is 5.34. The number of para-hydroxylation sites is 1. The Kier molecular flexibility index (Phi) is 2.34. The number of hydrogen-bond donors (Lipinski definition) is 0. The second kappa shape index (κ2) is 3.75. The molecule has 3 heteroatoms. The number of methoxy groups -OCH3 is 1. The van der Waals surface area contributed by atoms with Gasteiger partial charge in [-0.2, -0.15) is 5.26 Å². The van der Waals surface area contributed by atoms with E-state index < -0.39 is 5.41 Å². The summed E-state index contributed by atoms with van der Waals surface area (Å²) in [4.78, 5) is 2.39. The van der Waals surface area contributed by atoms with Gasteiger partial charge in [0.25, 0.3) is 0 Å². The van der Waals surface area contributed by atoms with Gasteiger partial charge in [0, 0.05) is 24.9 Å². The van der Waals surface area contributed by atoms with Gasteiger partial charge in [0.2, 0.25) is 0 Å².